The Kier molecular flexibility index (Phi) is 4.53. The van der Waals surface area contributed by atoms with Gasteiger partial charge in [0.2, 0.25) is 0 Å². The van der Waals surface area contributed by atoms with Crippen molar-refractivity contribution < 1.29 is 9.50 Å². The summed E-state index contributed by atoms with van der Waals surface area (Å²) in [6.45, 7) is 1.70. The molecule has 1 aliphatic rings. The summed E-state index contributed by atoms with van der Waals surface area (Å²) >= 11 is 0. The molecule has 1 saturated heterocycles. The first-order valence-corrected chi connectivity index (χ1v) is 8.96. The van der Waals surface area contributed by atoms with Gasteiger partial charge < -0.3 is 19.9 Å². The van der Waals surface area contributed by atoms with Crippen molar-refractivity contribution in [2.75, 3.05) is 23.3 Å². The molecule has 0 unspecified atom stereocenters. The zero-order valence-corrected chi connectivity index (χ0v) is 15.0. The quantitative estimate of drug-likeness (QED) is 0.744. The fourth-order valence-electron chi connectivity index (χ4n) is 3.42. The lowest BCUT2D eigenvalue weighted by Gasteiger charge is -2.31. The van der Waals surface area contributed by atoms with E-state index in [2.05, 4.69) is 15.2 Å². The molecule has 3 heterocycles. The van der Waals surface area contributed by atoms with E-state index in [-0.39, 0.29) is 6.10 Å². The number of aliphatic hydroxyl groups is 1. The molecule has 0 atom stereocenters. The topological polar surface area (TPSA) is 70.4 Å². The molecule has 27 heavy (non-hydrogen) atoms. The smallest absolute Gasteiger partial charge is 0.286 e. The lowest BCUT2D eigenvalue weighted by Crippen LogP contribution is -2.35. The van der Waals surface area contributed by atoms with Gasteiger partial charge in [-0.2, -0.15) is 0 Å². The van der Waals surface area contributed by atoms with Crippen LogP contribution in [0.4, 0.5) is 21.6 Å². The van der Waals surface area contributed by atoms with Crippen LogP contribution in [0.15, 0.2) is 47.4 Å². The number of pyridine rings is 2. The van der Waals surface area contributed by atoms with Gasteiger partial charge in [-0.05, 0) is 43.2 Å². The summed E-state index contributed by atoms with van der Waals surface area (Å²) in [5.41, 5.74) is 1.95. The summed E-state index contributed by atoms with van der Waals surface area (Å²) in [5, 5.41) is 13.4. The van der Waals surface area contributed by atoms with Gasteiger partial charge in [-0.1, -0.05) is 0 Å². The number of piperidine rings is 1. The molecule has 0 amide bonds. The predicted molar refractivity (Wildman–Crippen MR) is 104 cm³/mol. The van der Waals surface area contributed by atoms with Crippen LogP contribution in [-0.4, -0.2) is 33.9 Å². The van der Waals surface area contributed by atoms with Gasteiger partial charge in [0.05, 0.1) is 11.6 Å². The molecular weight excluding hydrogens is 347 g/mol. The molecule has 0 aliphatic carbocycles. The molecule has 0 saturated carbocycles. The Hall–Kier alpha value is -2.93. The third-order valence-electron chi connectivity index (χ3n) is 5.03. The Morgan fingerprint density at radius 2 is 1.89 bits per heavy atom. The van der Waals surface area contributed by atoms with Gasteiger partial charge >= 0.3 is 0 Å². The van der Waals surface area contributed by atoms with Gasteiger partial charge in [0, 0.05) is 49.2 Å². The van der Waals surface area contributed by atoms with Gasteiger partial charge in [-0.25, -0.2) is 9.37 Å². The number of anilines is 3. The summed E-state index contributed by atoms with van der Waals surface area (Å²) in [5.74, 6) is -0.203. The van der Waals surface area contributed by atoms with Crippen molar-refractivity contribution in [1.29, 1.82) is 0 Å². The Morgan fingerprint density at radius 1 is 1.19 bits per heavy atom. The van der Waals surface area contributed by atoms with Gasteiger partial charge in [0.25, 0.3) is 5.56 Å². The molecular formula is C20H21FN4O2. The number of aryl methyl sites for hydroxylation is 1. The lowest BCUT2D eigenvalue weighted by atomic mass is 10.1. The molecule has 6 nitrogen and oxygen atoms in total. The van der Waals surface area contributed by atoms with Crippen LogP contribution in [0.2, 0.25) is 0 Å². The third kappa shape index (κ3) is 3.50. The molecule has 1 aromatic carbocycles. The van der Waals surface area contributed by atoms with E-state index in [1.165, 1.54) is 10.6 Å². The summed E-state index contributed by atoms with van der Waals surface area (Å²) in [6, 6.07) is 10.9. The molecule has 1 fully saturated rings. The monoisotopic (exact) mass is 368 g/mol. The van der Waals surface area contributed by atoms with Crippen molar-refractivity contribution in [3.63, 3.8) is 0 Å². The van der Waals surface area contributed by atoms with Crippen LogP contribution in [0.1, 0.15) is 12.8 Å². The highest BCUT2D eigenvalue weighted by Crippen LogP contribution is 2.24. The molecule has 2 N–H and O–H groups in total. The first-order valence-electron chi connectivity index (χ1n) is 8.96. The van der Waals surface area contributed by atoms with Crippen molar-refractivity contribution >= 4 is 28.1 Å². The molecule has 2 aromatic heterocycles. The Labute approximate surface area is 155 Å². The van der Waals surface area contributed by atoms with Crippen LogP contribution < -0.4 is 15.8 Å². The first-order chi connectivity index (χ1) is 13.0. The van der Waals surface area contributed by atoms with E-state index in [1.54, 1.807) is 19.3 Å². The fourth-order valence-corrected chi connectivity index (χ4v) is 3.42. The summed E-state index contributed by atoms with van der Waals surface area (Å²) < 4.78 is 14.9. The van der Waals surface area contributed by atoms with Crippen LogP contribution in [0.3, 0.4) is 0 Å². The highest BCUT2D eigenvalue weighted by Gasteiger charge is 2.17. The maximum atomic E-state index is 13.6. The maximum absolute atomic E-state index is 13.6. The highest BCUT2D eigenvalue weighted by molar-refractivity contribution is 5.81. The molecule has 7 heteroatoms. The van der Waals surface area contributed by atoms with Crippen molar-refractivity contribution in [2.45, 2.75) is 18.9 Å². The minimum Gasteiger partial charge on any atom is -0.393 e. The first kappa shape index (κ1) is 17.5. The van der Waals surface area contributed by atoms with Crippen LogP contribution in [0.25, 0.3) is 10.9 Å². The number of hydrogen-bond acceptors (Lipinski definition) is 5. The molecule has 0 spiro atoms. The minimum atomic E-state index is -0.784. The SMILES string of the molecule is Cn1c(=O)c(F)cc2cnc(Nc3ccc(N4CCC(O)CC4)cc3)cc21. The number of aromatic nitrogens is 2. The second kappa shape index (κ2) is 7.00. The number of nitrogens with one attached hydrogen (secondary N) is 1. The maximum Gasteiger partial charge on any atom is 0.286 e. The van der Waals surface area contributed by atoms with Crippen LogP contribution in [-0.2, 0) is 7.05 Å². The average molecular weight is 368 g/mol. The number of rotatable bonds is 3. The van der Waals surface area contributed by atoms with E-state index >= 15 is 0 Å². The van der Waals surface area contributed by atoms with Crippen molar-refractivity contribution in [3.8, 4) is 0 Å². The number of nitrogens with zero attached hydrogens (tertiary/aromatic N) is 3. The number of fused-ring (bicyclic) bond motifs is 1. The van der Waals surface area contributed by atoms with E-state index in [0.29, 0.717) is 16.7 Å². The number of hydrogen-bond donors (Lipinski definition) is 2. The molecule has 0 bridgehead atoms. The Bertz CT molecular complexity index is 1020. The number of halogens is 1. The molecule has 1 aliphatic heterocycles. The van der Waals surface area contributed by atoms with Crippen molar-refractivity contribution in [3.05, 3.63) is 58.8 Å². The molecule has 0 radical (unpaired) electrons. The zero-order valence-electron chi connectivity index (χ0n) is 15.0. The third-order valence-corrected chi connectivity index (χ3v) is 5.03. The normalized spacial score (nSPS) is 15.3. The van der Waals surface area contributed by atoms with Gasteiger partial charge in [0.15, 0.2) is 5.82 Å². The standard InChI is InChI=1S/C20H21FN4O2/c1-24-18-11-19(22-12-13(18)10-17(21)20(24)27)23-14-2-4-15(5-3-14)25-8-6-16(26)7-9-25/h2-5,10-12,16,26H,6-9H2,1H3,(H,22,23). The number of benzene rings is 1. The van der Waals surface area contributed by atoms with Crippen molar-refractivity contribution in [2.24, 2.45) is 7.05 Å². The molecule has 140 valence electrons. The zero-order chi connectivity index (χ0) is 19.0. The van der Waals surface area contributed by atoms with E-state index in [4.69, 9.17) is 0 Å². The van der Waals surface area contributed by atoms with E-state index in [1.807, 2.05) is 24.3 Å². The van der Waals surface area contributed by atoms with E-state index in [0.717, 1.165) is 37.3 Å². The largest absolute Gasteiger partial charge is 0.393 e. The summed E-state index contributed by atoms with van der Waals surface area (Å²) in [4.78, 5) is 18.3. The second-order valence-electron chi connectivity index (χ2n) is 6.87. The van der Waals surface area contributed by atoms with Gasteiger partial charge in [-0.3, -0.25) is 4.79 Å². The fraction of sp³-hybridized carbons (Fsp3) is 0.300. The summed E-state index contributed by atoms with van der Waals surface area (Å²) in [6.07, 6.45) is 2.94. The minimum absolute atomic E-state index is 0.189. The Morgan fingerprint density at radius 3 is 2.59 bits per heavy atom. The van der Waals surface area contributed by atoms with Crippen LogP contribution >= 0.6 is 0 Å². The van der Waals surface area contributed by atoms with Gasteiger partial charge in [0.1, 0.15) is 5.82 Å². The van der Waals surface area contributed by atoms with Crippen molar-refractivity contribution in [1.82, 2.24) is 9.55 Å². The predicted octanol–water partition coefficient (Wildman–Crippen LogP) is 2.78. The van der Waals surface area contributed by atoms with E-state index in [9.17, 15) is 14.3 Å². The lowest BCUT2D eigenvalue weighted by molar-refractivity contribution is 0.145. The average Bonchev–Trinajstić information content (AvgIpc) is 2.68. The molecule has 4 rings (SSSR count). The van der Waals surface area contributed by atoms with E-state index < -0.39 is 11.4 Å². The van der Waals surface area contributed by atoms with Crippen LogP contribution in [0.5, 0.6) is 0 Å². The van der Waals surface area contributed by atoms with Gasteiger partial charge in [-0.15, -0.1) is 0 Å². The second-order valence-corrected chi connectivity index (χ2v) is 6.87. The Balaban J connectivity index is 1.54. The van der Waals surface area contributed by atoms with Crippen LogP contribution in [0, 0.1) is 5.82 Å². The molecule has 3 aromatic rings. The number of aliphatic hydroxyl groups excluding tert-OH is 1. The highest BCUT2D eigenvalue weighted by atomic mass is 19.1. The summed E-state index contributed by atoms with van der Waals surface area (Å²) in [7, 11) is 1.54.